The van der Waals surface area contributed by atoms with Gasteiger partial charge in [-0.15, -0.1) is 23.2 Å². The zero-order chi connectivity index (χ0) is 36.0. The lowest BCUT2D eigenvalue weighted by Gasteiger charge is -2.49. The molecule has 0 radical (unpaired) electrons. The number of methoxy groups -OCH3 is 2. The number of hydrogen-bond donors (Lipinski definition) is 1. The fourth-order valence-electron chi connectivity index (χ4n) is 7.44. The minimum absolute atomic E-state index is 0.0570. The number of rotatable bonds is 7. The third-order valence-corrected chi connectivity index (χ3v) is 12.1. The highest BCUT2D eigenvalue weighted by molar-refractivity contribution is 9.09. The molecule has 0 bridgehead atoms. The van der Waals surface area contributed by atoms with Crippen molar-refractivity contribution in [2.24, 2.45) is 7.05 Å². The van der Waals surface area contributed by atoms with Crippen molar-refractivity contribution < 1.29 is 24.2 Å². The number of likely N-dealkylation sites (tertiary alicyclic amines) is 1. The number of carbonyl (C=O) groups is 2. The van der Waals surface area contributed by atoms with Crippen molar-refractivity contribution in [3.8, 4) is 17.2 Å². The van der Waals surface area contributed by atoms with Crippen LogP contribution in [0.3, 0.4) is 0 Å². The van der Waals surface area contributed by atoms with Crippen LogP contribution in [0.1, 0.15) is 29.6 Å². The molecule has 1 N–H and O–H groups in total. The van der Waals surface area contributed by atoms with Gasteiger partial charge in [-0.3, -0.25) is 19.3 Å². The van der Waals surface area contributed by atoms with E-state index in [2.05, 4.69) is 20.9 Å². The van der Waals surface area contributed by atoms with Gasteiger partial charge in [0.25, 0.3) is 17.4 Å². The van der Waals surface area contributed by atoms with Crippen LogP contribution in [0.25, 0.3) is 11.0 Å². The van der Waals surface area contributed by atoms with E-state index in [-0.39, 0.29) is 47.9 Å². The molecule has 0 unspecified atom stereocenters. The highest BCUT2D eigenvalue weighted by Crippen LogP contribution is 2.64. The molecule has 2 amide bonds. The predicted octanol–water partition coefficient (Wildman–Crippen LogP) is 3.02. The lowest BCUT2D eigenvalue weighted by Crippen LogP contribution is -2.59. The second kappa shape index (κ2) is 12.0. The number of alkyl halides is 3. The molecule has 0 spiro atoms. The number of benzene rings is 2. The first-order chi connectivity index (χ1) is 23.7. The number of aromatic nitrogens is 5. The Balaban J connectivity index is 1.32. The molecular formula is C32H28BrCl3N6O8. The lowest BCUT2D eigenvalue weighted by atomic mass is 9.64. The van der Waals surface area contributed by atoms with Gasteiger partial charge < -0.3 is 19.1 Å². The van der Waals surface area contributed by atoms with E-state index in [9.17, 15) is 29.1 Å². The number of carbonyl (C=O) groups excluding carboxylic acids is 2. The van der Waals surface area contributed by atoms with Crippen LogP contribution in [-0.4, -0.2) is 74.7 Å². The maximum absolute atomic E-state index is 14.2. The molecule has 2 aliphatic heterocycles. The van der Waals surface area contributed by atoms with E-state index < -0.39 is 50.5 Å². The molecule has 1 aliphatic carbocycles. The van der Waals surface area contributed by atoms with Gasteiger partial charge in [-0.05, 0) is 23.3 Å². The first-order valence-corrected chi connectivity index (χ1v) is 17.5. The molecule has 3 aliphatic rings. The number of allylic oxidation sites excluding steroid dienone is 2. The second-order valence-corrected chi connectivity index (χ2v) is 14.4. The molecule has 262 valence electrons. The van der Waals surface area contributed by atoms with Gasteiger partial charge in [-0.1, -0.05) is 39.7 Å². The molecule has 4 aromatic rings. The normalized spacial score (nSPS) is 24.2. The van der Waals surface area contributed by atoms with Gasteiger partial charge in [0, 0.05) is 49.5 Å². The maximum Gasteiger partial charge on any atom is 0.347 e. The molecular weight excluding hydrogens is 783 g/mol. The highest BCUT2D eigenvalue weighted by Gasteiger charge is 2.75. The summed E-state index contributed by atoms with van der Waals surface area (Å²) in [5.41, 5.74) is -0.174. The molecule has 2 aromatic heterocycles. The summed E-state index contributed by atoms with van der Waals surface area (Å²) in [5, 5.41) is 10.1. The fourth-order valence-corrected chi connectivity index (χ4v) is 9.12. The third kappa shape index (κ3) is 4.59. The van der Waals surface area contributed by atoms with E-state index in [1.165, 1.54) is 46.3 Å². The van der Waals surface area contributed by atoms with Gasteiger partial charge in [0.1, 0.15) is 11.4 Å². The van der Waals surface area contributed by atoms with Gasteiger partial charge in [-0.2, -0.15) is 0 Å². The molecule has 2 fully saturated rings. The van der Waals surface area contributed by atoms with Crippen LogP contribution in [0.15, 0.2) is 56.4 Å². The van der Waals surface area contributed by atoms with Crippen LogP contribution in [0.2, 0.25) is 5.02 Å². The second-order valence-electron chi connectivity index (χ2n) is 12.2. The summed E-state index contributed by atoms with van der Waals surface area (Å²) in [6.45, 7) is -0.273. The maximum atomic E-state index is 14.2. The fraction of sp³-hybridized carbons (Fsp3) is 0.375. The predicted molar refractivity (Wildman–Crippen MR) is 187 cm³/mol. The van der Waals surface area contributed by atoms with E-state index in [1.807, 2.05) is 0 Å². The van der Waals surface area contributed by atoms with Crippen molar-refractivity contribution in [3.63, 3.8) is 0 Å². The molecule has 4 atom stereocenters. The number of imide groups is 1. The summed E-state index contributed by atoms with van der Waals surface area (Å²) in [6, 6.07) is 6.40. The number of aryl methyl sites for hydroxylation is 2. The highest BCUT2D eigenvalue weighted by atomic mass is 79.9. The number of phenols is 1. The van der Waals surface area contributed by atoms with Crippen molar-refractivity contribution in [2.45, 2.75) is 47.6 Å². The van der Waals surface area contributed by atoms with Crippen LogP contribution in [0.5, 0.6) is 17.2 Å². The summed E-state index contributed by atoms with van der Waals surface area (Å²) >= 11 is 24.2. The van der Waals surface area contributed by atoms with Crippen LogP contribution in [0, 0.1) is 0 Å². The first-order valence-electron chi connectivity index (χ1n) is 15.3. The molecule has 4 heterocycles. The van der Waals surface area contributed by atoms with E-state index in [0.29, 0.717) is 33.7 Å². The number of amides is 2. The summed E-state index contributed by atoms with van der Waals surface area (Å²) < 4.78 is 15.6. The Labute approximate surface area is 306 Å². The zero-order valence-corrected chi connectivity index (χ0v) is 30.5. The largest absolute Gasteiger partial charge is 0.508 e. The van der Waals surface area contributed by atoms with Gasteiger partial charge in [0.15, 0.2) is 21.2 Å². The Morgan fingerprint density at radius 2 is 1.72 bits per heavy atom. The number of ether oxygens (including phenoxy) is 2. The van der Waals surface area contributed by atoms with Crippen molar-refractivity contribution in [3.05, 3.63) is 89.6 Å². The van der Waals surface area contributed by atoms with Crippen LogP contribution < -0.4 is 26.4 Å². The van der Waals surface area contributed by atoms with Crippen molar-refractivity contribution in [1.82, 2.24) is 28.4 Å². The third-order valence-electron chi connectivity index (χ3n) is 9.88. The quantitative estimate of drug-likeness (QED) is 0.128. The van der Waals surface area contributed by atoms with Gasteiger partial charge in [-0.25, -0.2) is 28.5 Å². The molecule has 1 saturated heterocycles. The molecule has 2 aromatic carbocycles. The zero-order valence-electron chi connectivity index (χ0n) is 26.7. The molecule has 14 nitrogen and oxygen atoms in total. The Kier molecular flexibility index (Phi) is 8.28. The number of hydrogen-bond acceptors (Lipinski definition) is 9. The SMILES string of the molecule is COc1cc2nc(CCn3c(=O)n4n(c3=O)[C@@H]3C[C@@]5(Cl)C(=O)N(CBr)C(=O)[C@@]5(Cl)[C@@H](c5ccc(O)cc5Cl)C3=CC4)c(=O)n(C)c2cc1OC. The minimum Gasteiger partial charge on any atom is -0.508 e. The standard InChI is InChI=1S/C32H28BrCl3N6O8/c1-38-21-12-24(50-3)23(49-2)11-20(21)37-19(26(38)44)7-8-39-29(47)41-9-6-17-22(42(41)30(39)48)13-31(35)27(45)40(14-33)28(46)32(31,36)25(17)16-5-4-15(43)10-18(16)34/h4-6,10-12,22,25,43H,7-9,13-14H2,1-3H3/t22-,25+,31-,32+/m1/s1. The van der Waals surface area contributed by atoms with Crippen molar-refractivity contribution >= 4 is 73.6 Å². The number of nitrogens with zero attached hydrogens (tertiary/aromatic N) is 6. The van der Waals surface area contributed by atoms with Gasteiger partial charge >= 0.3 is 11.4 Å². The summed E-state index contributed by atoms with van der Waals surface area (Å²) in [6.07, 6.45) is 1.32. The average molecular weight is 811 g/mol. The monoisotopic (exact) mass is 808 g/mol. The molecule has 7 rings (SSSR count). The average Bonchev–Trinajstić information content (AvgIpc) is 3.42. The minimum atomic E-state index is -2.06. The summed E-state index contributed by atoms with van der Waals surface area (Å²) in [7, 11) is 4.54. The Hall–Kier alpha value is -4.05. The Bertz CT molecular complexity index is 2370. The van der Waals surface area contributed by atoms with Crippen LogP contribution >= 0.6 is 50.7 Å². The van der Waals surface area contributed by atoms with Crippen molar-refractivity contribution in [1.29, 1.82) is 0 Å². The first kappa shape index (κ1) is 34.4. The van der Waals surface area contributed by atoms with Crippen LogP contribution in [0.4, 0.5) is 0 Å². The number of fused-ring (bicyclic) bond motifs is 5. The van der Waals surface area contributed by atoms with E-state index in [4.69, 9.17) is 44.3 Å². The smallest absolute Gasteiger partial charge is 0.347 e. The van der Waals surface area contributed by atoms with Gasteiger partial charge in [0.05, 0.1) is 43.3 Å². The number of halogens is 4. The summed E-state index contributed by atoms with van der Waals surface area (Å²) in [4.78, 5) is 70.3. The number of phenolic OH excluding ortho intramolecular Hbond substituents is 1. The van der Waals surface area contributed by atoms with Gasteiger partial charge in [0.2, 0.25) is 0 Å². The Morgan fingerprint density at radius 3 is 2.38 bits per heavy atom. The Morgan fingerprint density at radius 1 is 1.02 bits per heavy atom. The molecule has 50 heavy (non-hydrogen) atoms. The summed E-state index contributed by atoms with van der Waals surface area (Å²) in [5.74, 6) is -1.96. The van der Waals surface area contributed by atoms with Crippen molar-refractivity contribution in [2.75, 3.05) is 19.7 Å². The molecule has 18 heteroatoms. The topological polar surface area (TPSA) is 160 Å². The van der Waals surface area contributed by atoms with E-state index in [0.717, 1.165) is 9.47 Å². The van der Waals surface area contributed by atoms with E-state index in [1.54, 1.807) is 25.3 Å². The number of aromatic hydroxyl groups is 1. The molecule has 1 saturated carbocycles. The van der Waals surface area contributed by atoms with E-state index >= 15 is 0 Å². The van der Waals surface area contributed by atoms with Crippen LogP contribution in [-0.2, 0) is 36.1 Å². The lowest BCUT2D eigenvalue weighted by molar-refractivity contribution is -0.138.